The first-order valence-corrected chi connectivity index (χ1v) is 11.1. The molecule has 4 aromatic rings. The van der Waals surface area contributed by atoms with Gasteiger partial charge in [-0.1, -0.05) is 25.1 Å². The Hall–Kier alpha value is -2.93. The van der Waals surface area contributed by atoms with Gasteiger partial charge in [-0.3, -0.25) is 9.59 Å². The maximum absolute atomic E-state index is 12.6. The molecule has 7 heteroatoms. The number of H-pyrrole nitrogens is 2. The van der Waals surface area contributed by atoms with Gasteiger partial charge in [0.25, 0.3) is 5.56 Å². The van der Waals surface area contributed by atoms with Crippen molar-refractivity contribution in [3.05, 3.63) is 62.6 Å². The lowest BCUT2D eigenvalue weighted by Crippen LogP contribution is -2.16. The quantitative estimate of drug-likeness (QED) is 0.471. The maximum Gasteiger partial charge on any atom is 0.306 e. The largest absolute Gasteiger partial charge is 0.458 e. The molecular formula is C23H23N3O3S. The van der Waals surface area contributed by atoms with Crippen LogP contribution in [-0.2, 0) is 35.4 Å². The van der Waals surface area contributed by atoms with Gasteiger partial charge in [0.05, 0.1) is 5.39 Å². The summed E-state index contributed by atoms with van der Waals surface area (Å²) in [7, 11) is 0. The molecule has 0 amide bonds. The molecule has 0 unspecified atom stereocenters. The predicted octanol–water partition coefficient (Wildman–Crippen LogP) is 4.27. The molecule has 0 fully saturated rings. The summed E-state index contributed by atoms with van der Waals surface area (Å²) < 4.78 is 5.38. The molecule has 1 atom stereocenters. The molecule has 1 aliphatic carbocycles. The summed E-state index contributed by atoms with van der Waals surface area (Å²) in [4.78, 5) is 37.5. The molecule has 0 spiro atoms. The van der Waals surface area contributed by atoms with Gasteiger partial charge in [-0.2, -0.15) is 0 Å². The number of fused-ring (bicyclic) bond motifs is 4. The van der Waals surface area contributed by atoms with Gasteiger partial charge < -0.3 is 14.7 Å². The zero-order valence-electron chi connectivity index (χ0n) is 16.8. The molecule has 5 rings (SSSR count). The van der Waals surface area contributed by atoms with Crippen molar-refractivity contribution in [2.45, 2.75) is 45.6 Å². The summed E-state index contributed by atoms with van der Waals surface area (Å²) in [5, 5.41) is 1.84. The maximum atomic E-state index is 12.6. The smallest absolute Gasteiger partial charge is 0.306 e. The highest BCUT2D eigenvalue weighted by atomic mass is 32.1. The minimum absolute atomic E-state index is 0.0170. The number of hydrogen-bond donors (Lipinski definition) is 2. The van der Waals surface area contributed by atoms with Crippen molar-refractivity contribution < 1.29 is 9.53 Å². The van der Waals surface area contributed by atoms with Crippen LogP contribution in [0.5, 0.6) is 0 Å². The Labute approximate surface area is 177 Å². The number of carbonyl (C=O) groups is 1. The van der Waals surface area contributed by atoms with Crippen LogP contribution in [-0.4, -0.2) is 20.9 Å². The van der Waals surface area contributed by atoms with Crippen molar-refractivity contribution in [2.24, 2.45) is 5.92 Å². The Kier molecular flexibility index (Phi) is 4.90. The van der Waals surface area contributed by atoms with Crippen molar-refractivity contribution in [3.63, 3.8) is 0 Å². The number of aromatic nitrogens is 3. The number of aromatic amines is 2. The molecule has 3 aromatic heterocycles. The van der Waals surface area contributed by atoms with Crippen molar-refractivity contribution >= 4 is 38.4 Å². The van der Waals surface area contributed by atoms with E-state index >= 15 is 0 Å². The number of nitrogens with zero attached hydrogens (tertiary/aromatic N) is 1. The normalized spacial score (nSPS) is 16.1. The number of ether oxygens (including phenoxy) is 1. The number of thiophene rings is 1. The van der Waals surface area contributed by atoms with Crippen LogP contribution in [0.25, 0.3) is 21.1 Å². The molecule has 1 aromatic carbocycles. The van der Waals surface area contributed by atoms with E-state index in [1.54, 1.807) is 11.3 Å². The number of hydrogen-bond acceptors (Lipinski definition) is 5. The SMILES string of the molecule is C[C@@H]1CCc2c(sc3nc(COC(=O)CCc4c[nH]c5ccccc45)[nH]c(=O)c23)C1. The Balaban J connectivity index is 1.26. The summed E-state index contributed by atoms with van der Waals surface area (Å²) >= 11 is 1.60. The molecule has 154 valence electrons. The van der Waals surface area contributed by atoms with E-state index < -0.39 is 0 Å². The minimum atomic E-state index is -0.303. The number of carbonyl (C=O) groups excluding carboxylic acids is 1. The van der Waals surface area contributed by atoms with Crippen molar-refractivity contribution in [2.75, 3.05) is 0 Å². The molecule has 30 heavy (non-hydrogen) atoms. The zero-order chi connectivity index (χ0) is 20.7. The van der Waals surface area contributed by atoms with Crippen LogP contribution in [0, 0.1) is 5.92 Å². The molecule has 0 bridgehead atoms. The van der Waals surface area contributed by atoms with E-state index in [0.717, 1.165) is 51.5 Å². The Morgan fingerprint density at radius 2 is 2.20 bits per heavy atom. The van der Waals surface area contributed by atoms with Gasteiger partial charge in [-0.15, -0.1) is 11.3 Å². The van der Waals surface area contributed by atoms with E-state index in [1.807, 2.05) is 30.5 Å². The average Bonchev–Trinajstić information content (AvgIpc) is 3.31. The highest BCUT2D eigenvalue weighted by molar-refractivity contribution is 7.18. The first-order chi connectivity index (χ1) is 14.6. The lowest BCUT2D eigenvalue weighted by atomic mass is 9.89. The summed E-state index contributed by atoms with van der Waals surface area (Å²) in [5.41, 5.74) is 3.18. The monoisotopic (exact) mass is 421 g/mol. The molecule has 0 aliphatic heterocycles. The highest BCUT2D eigenvalue weighted by Gasteiger charge is 2.23. The second kappa shape index (κ2) is 7.72. The molecule has 0 saturated heterocycles. The Morgan fingerprint density at radius 3 is 3.10 bits per heavy atom. The topological polar surface area (TPSA) is 87.8 Å². The van der Waals surface area contributed by atoms with Gasteiger partial charge in [0, 0.05) is 28.4 Å². The second-order valence-corrected chi connectivity index (χ2v) is 9.15. The summed E-state index contributed by atoms with van der Waals surface area (Å²) in [5.74, 6) is 0.740. The number of rotatable bonds is 5. The second-order valence-electron chi connectivity index (χ2n) is 8.06. The molecule has 0 saturated carbocycles. The predicted molar refractivity (Wildman–Crippen MR) is 118 cm³/mol. The number of aryl methyl sites for hydroxylation is 2. The minimum Gasteiger partial charge on any atom is -0.458 e. The van der Waals surface area contributed by atoms with E-state index in [-0.39, 0.29) is 24.6 Å². The van der Waals surface area contributed by atoms with Crippen LogP contribution in [0.2, 0.25) is 0 Å². The lowest BCUT2D eigenvalue weighted by Gasteiger charge is -2.17. The van der Waals surface area contributed by atoms with Crippen LogP contribution in [0.1, 0.15) is 41.6 Å². The van der Waals surface area contributed by atoms with E-state index in [9.17, 15) is 9.59 Å². The van der Waals surface area contributed by atoms with Gasteiger partial charge in [-0.25, -0.2) is 4.98 Å². The lowest BCUT2D eigenvalue weighted by molar-refractivity contribution is -0.145. The van der Waals surface area contributed by atoms with E-state index in [1.165, 1.54) is 4.88 Å². The van der Waals surface area contributed by atoms with Crippen LogP contribution >= 0.6 is 11.3 Å². The van der Waals surface area contributed by atoms with Crippen LogP contribution in [0.4, 0.5) is 0 Å². The summed E-state index contributed by atoms with van der Waals surface area (Å²) in [6, 6.07) is 8.02. The first-order valence-electron chi connectivity index (χ1n) is 10.3. The first kappa shape index (κ1) is 19.1. The third kappa shape index (κ3) is 3.54. The van der Waals surface area contributed by atoms with Gasteiger partial charge in [0.1, 0.15) is 17.3 Å². The van der Waals surface area contributed by atoms with Crippen molar-refractivity contribution in [1.29, 1.82) is 0 Å². The molecular weight excluding hydrogens is 398 g/mol. The molecule has 1 aliphatic rings. The van der Waals surface area contributed by atoms with Gasteiger partial charge in [0.2, 0.25) is 0 Å². The van der Waals surface area contributed by atoms with Crippen molar-refractivity contribution in [3.8, 4) is 0 Å². The summed E-state index contributed by atoms with van der Waals surface area (Å²) in [6.45, 7) is 2.23. The fraction of sp³-hybridized carbons (Fsp3) is 0.348. The van der Waals surface area contributed by atoms with Gasteiger partial charge in [-0.05, 0) is 48.8 Å². The van der Waals surface area contributed by atoms with E-state index in [0.29, 0.717) is 18.2 Å². The molecule has 6 nitrogen and oxygen atoms in total. The fourth-order valence-electron chi connectivity index (χ4n) is 4.26. The number of para-hydroxylation sites is 1. The molecule has 2 N–H and O–H groups in total. The van der Waals surface area contributed by atoms with Gasteiger partial charge >= 0.3 is 5.97 Å². The Bertz CT molecular complexity index is 1300. The van der Waals surface area contributed by atoms with Crippen LogP contribution in [0.3, 0.4) is 0 Å². The third-order valence-corrected chi connectivity index (χ3v) is 7.01. The zero-order valence-corrected chi connectivity index (χ0v) is 17.6. The van der Waals surface area contributed by atoms with Crippen molar-refractivity contribution in [1.82, 2.24) is 15.0 Å². The number of benzene rings is 1. The van der Waals surface area contributed by atoms with Gasteiger partial charge in [0.15, 0.2) is 0 Å². The van der Waals surface area contributed by atoms with E-state index in [2.05, 4.69) is 21.9 Å². The average molecular weight is 422 g/mol. The number of nitrogens with one attached hydrogen (secondary N) is 2. The Morgan fingerprint density at radius 1 is 1.33 bits per heavy atom. The van der Waals surface area contributed by atoms with Crippen LogP contribution in [0.15, 0.2) is 35.3 Å². The van der Waals surface area contributed by atoms with E-state index in [4.69, 9.17) is 4.74 Å². The molecule has 0 radical (unpaired) electrons. The standard InChI is InChI=1S/C23H23N3O3S/c1-13-6-8-16-18(10-13)30-23-21(16)22(28)25-19(26-23)12-29-20(27)9-7-14-11-24-17-5-3-2-4-15(14)17/h2-5,11,13,24H,6-10,12H2,1H3,(H,25,26,28)/t13-/m1/s1. The van der Waals surface area contributed by atoms with Crippen LogP contribution < -0.4 is 5.56 Å². The number of esters is 1. The fourth-order valence-corrected chi connectivity index (χ4v) is 5.66. The summed E-state index contributed by atoms with van der Waals surface area (Å²) in [6.07, 6.45) is 5.86. The highest BCUT2D eigenvalue weighted by Crippen LogP contribution is 2.35. The molecule has 3 heterocycles. The third-order valence-electron chi connectivity index (χ3n) is 5.86.